The number of carbonyl (C=O) groups is 1. The van der Waals surface area contributed by atoms with E-state index in [-0.39, 0.29) is 5.91 Å². The predicted octanol–water partition coefficient (Wildman–Crippen LogP) is 2.09. The van der Waals surface area contributed by atoms with Gasteiger partial charge in [-0.25, -0.2) is 0 Å². The summed E-state index contributed by atoms with van der Waals surface area (Å²) in [6, 6.07) is 11.0. The van der Waals surface area contributed by atoms with Gasteiger partial charge < -0.3 is 19.7 Å². The summed E-state index contributed by atoms with van der Waals surface area (Å²) >= 11 is 0. The van der Waals surface area contributed by atoms with Crippen LogP contribution in [0.2, 0.25) is 0 Å². The Morgan fingerprint density at radius 3 is 2.54 bits per heavy atom. The third-order valence-corrected chi connectivity index (χ3v) is 3.62. The van der Waals surface area contributed by atoms with Crippen LogP contribution in [0.1, 0.15) is 17.4 Å². The zero-order valence-corrected chi connectivity index (χ0v) is 13.6. The van der Waals surface area contributed by atoms with Gasteiger partial charge in [0.1, 0.15) is 5.75 Å². The Bertz CT molecular complexity index is 667. The molecule has 3 rings (SSSR count). The highest BCUT2D eigenvalue weighted by molar-refractivity contribution is 5.92. The fourth-order valence-corrected chi connectivity index (χ4v) is 2.39. The molecule has 7 nitrogen and oxygen atoms in total. The summed E-state index contributed by atoms with van der Waals surface area (Å²) in [7, 11) is 0. The number of benzene rings is 1. The minimum Gasteiger partial charge on any atom is -0.494 e. The van der Waals surface area contributed by atoms with E-state index in [1.54, 1.807) is 17.0 Å². The van der Waals surface area contributed by atoms with Gasteiger partial charge >= 0.3 is 0 Å². The van der Waals surface area contributed by atoms with E-state index in [0.29, 0.717) is 44.4 Å². The molecule has 1 fully saturated rings. The molecular weight excluding hydrogens is 308 g/mol. The van der Waals surface area contributed by atoms with Crippen molar-refractivity contribution in [3.05, 3.63) is 42.1 Å². The molecule has 2 heterocycles. The molecule has 7 heteroatoms. The molecule has 0 aliphatic carbocycles. The fraction of sp³-hybridized carbons (Fsp3) is 0.353. The number of rotatable bonds is 5. The highest BCUT2D eigenvalue weighted by atomic mass is 16.5. The highest BCUT2D eigenvalue weighted by Gasteiger charge is 2.19. The van der Waals surface area contributed by atoms with Gasteiger partial charge in [-0.05, 0) is 43.3 Å². The molecule has 0 atom stereocenters. The van der Waals surface area contributed by atoms with Gasteiger partial charge in [0.05, 0.1) is 19.8 Å². The summed E-state index contributed by atoms with van der Waals surface area (Å²) in [6.45, 7) is 4.89. The monoisotopic (exact) mass is 328 g/mol. The van der Waals surface area contributed by atoms with Gasteiger partial charge in [-0.15, -0.1) is 10.2 Å². The molecule has 1 aromatic carbocycles. The van der Waals surface area contributed by atoms with E-state index in [0.717, 1.165) is 11.4 Å². The van der Waals surface area contributed by atoms with Crippen LogP contribution in [0, 0.1) is 0 Å². The smallest absolute Gasteiger partial charge is 0.274 e. The van der Waals surface area contributed by atoms with E-state index in [1.165, 1.54) is 0 Å². The lowest BCUT2D eigenvalue weighted by Gasteiger charge is -2.26. The van der Waals surface area contributed by atoms with Crippen LogP contribution in [-0.2, 0) is 4.74 Å². The fourth-order valence-electron chi connectivity index (χ4n) is 2.39. The van der Waals surface area contributed by atoms with Crippen molar-refractivity contribution in [2.24, 2.45) is 0 Å². The molecule has 0 unspecified atom stereocenters. The Balaban J connectivity index is 1.62. The standard InChI is InChI=1S/C17H20N4O3/c1-2-24-14-5-3-13(4-6-14)18-16-8-7-15(19-20-16)17(22)21-9-11-23-12-10-21/h3-8H,2,9-12H2,1H3,(H,18,20). The van der Waals surface area contributed by atoms with Gasteiger partial charge in [0.25, 0.3) is 5.91 Å². The number of hydrogen-bond donors (Lipinski definition) is 1. The zero-order valence-electron chi connectivity index (χ0n) is 13.6. The summed E-state index contributed by atoms with van der Waals surface area (Å²) < 4.78 is 10.6. The molecule has 1 aromatic heterocycles. The normalized spacial score (nSPS) is 14.3. The summed E-state index contributed by atoms with van der Waals surface area (Å²) in [5, 5.41) is 11.3. The van der Waals surface area contributed by atoms with Gasteiger partial charge in [-0.1, -0.05) is 0 Å². The minimum atomic E-state index is -0.113. The molecule has 0 radical (unpaired) electrons. The molecule has 24 heavy (non-hydrogen) atoms. The quantitative estimate of drug-likeness (QED) is 0.906. The lowest BCUT2D eigenvalue weighted by atomic mass is 10.3. The van der Waals surface area contributed by atoms with E-state index in [4.69, 9.17) is 9.47 Å². The third kappa shape index (κ3) is 3.99. The molecule has 1 aliphatic heterocycles. The van der Waals surface area contributed by atoms with E-state index in [2.05, 4.69) is 15.5 Å². The van der Waals surface area contributed by atoms with Crippen molar-refractivity contribution < 1.29 is 14.3 Å². The molecule has 1 aliphatic rings. The number of carbonyl (C=O) groups excluding carboxylic acids is 1. The summed E-state index contributed by atoms with van der Waals surface area (Å²) in [6.07, 6.45) is 0. The zero-order chi connectivity index (χ0) is 16.8. The maximum atomic E-state index is 12.3. The van der Waals surface area contributed by atoms with Crippen molar-refractivity contribution in [1.29, 1.82) is 0 Å². The number of hydrogen-bond acceptors (Lipinski definition) is 6. The Morgan fingerprint density at radius 1 is 1.17 bits per heavy atom. The molecule has 0 saturated carbocycles. The first-order valence-electron chi connectivity index (χ1n) is 7.97. The molecule has 0 spiro atoms. The van der Waals surface area contributed by atoms with Crippen LogP contribution >= 0.6 is 0 Å². The van der Waals surface area contributed by atoms with Crippen LogP contribution in [0.5, 0.6) is 5.75 Å². The van der Waals surface area contributed by atoms with Crippen LogP contribution in [-0.4, -0.2) is 53.9 Å². The Morgan fingerprint density at radius 2 is 1.92 bits per heavy atom. The van der Waals surface area contributed by atoms with E-state index in [1.807, 2.05) is 31.2 Å². The van der Waals surface area contributed by atoms with Gasteiger partial charge in [-0.2, -0.15) is 0 Å². The van der Waals surface area contributed by atoms with Crippen molar-refractivity contribution in [1.82, 2.24) is 15.1 Å². The summed E-state index contributed by atoms with van der Waals surface area (Å²) in [5.41, 5.74) is 1.22. The Hall–Kier alpha value is -2.67. The SMILES string of the molecule is CCOc1ccc(Nc2ccc(C(=O)N3CCOCC3)nn2)cc1. The van der Waals surface area contributed by atoms with Crippen LogP contribution in [0.15, 0.2) is 36.4 Å². The van der Waals surface area contributed by atoms with Crippen LogP contribution in [0.3, 0.4) is 0 Å². The number of aromatic nitrogens is 2. The number of morpholine rings is 1. The molecular formula is C17H20N4O3. The maximum absolute atomic E-state index is 12.3. The maximum Gasteiger partial charge on any atom is 0.274 e. The van der Waals surface area contributed by atoms with Gasteiger partial charge in [-0.3, -0.25) is 4.79 Å². The topological polar surface area (TPSA) is 76.6 Å². The Kier molecular flexibility index (Phi) is 5.22. The van der Waals surface area contributed by atoms with Crippen LogP contribution < -0.4 is 10.1 Å². The number of anilines is 2. The van der Waals surface area contributed by atoms with Crippen molar-refractivity contribution >= 4 is 17.4 Å². The van der Waals surface area contributed by atoms with Crippen molar-refractivity contribution in [3.63, 3.8) is 0 Å². The van der Waals surface area contributed by atoms with E-state index >= 15 is 0 Å². The lowest BCUT2D eigenvalue weighted by molar-refractivity contribution is 0.0298. The van der Waals surface area contributed by atoms with Crippen LogP contribution in [0.4, 0.5) is 11.5 Å². The predicted molar refractivity (Wildman–Crippen MR) is 89.6 cm³/mol. The molecule has 1 amide bonds. The number of nitrogens with zero attached hydrogens (tertiary/aromatic N) is 3. The molecule has 1 N–H and O–H groups in total. The molecule has 2 aromatic rings. The van der Waals surface area contributed by atoms with Gasteiger partial charge in [0.2, 0.25) is 0 Å². The number of nitrogens with one attached hydrogen (secondary N) is 1. The number of amides is 1. The minimum absolute atomic E-state index is 0.113. The molecule has 0 bridgehead atoms. The van der Waals surface area contributed by atoms with Crippen LogP contribution in [0.25, 0.3) is 0 Å². The van der Waals surface area contributed by atoms with Crippen molar-refractivity contribution in [2.45, 2.75) is 6.92 Å². The number of ether oxygens (including phenoxy) is 2. The average molecular weight is 328 g/mol. The second-order valence-corrected chi connectivity index (χ2v) is 5.29. The molecule has 126 valence electrons. The lowest BCUT2D eigenvalue weighted by Crippen LogP contribution is -2.41. The van der Waals surface area contributed by atoms with E-state index < -0.39 is 0 Å². The van der Waals surface area contributed by atoms with Gasteiger partial charge in [0, 0.05) is 18.8 Å². The third-order valence-electron chi connectivity index (χ3n) is 3.62. The first-order valence-corrected chi connectivity index (χ1v) is 7.97. The summed E-state index contributed by atoms with van der Waals surface area (Å²) in [5.74, 6) is 1.29. The van der Waals surface area contributed by atoms with Crippen molar-refractivity contribution in [3.8, 4) is 5.75 Å². The second-order valence-electron chi connectivity index (χ2n) is 5.29. The van der Waals surface area contributed by atoms with E-state index in [9.17, 15) is 4.79 Å². The second kappa shape index (κ2) is 7.74. The molecule has 1 saturated heterocycles. The highest BCUT2D eigenvalue weighted by Crippen LogP contribution is 2.18. The largest absolute Gasteiger partial charge is 0.494 e. The Labute approximate surface area is 140 Å². The first kappa shape index (κ1) is 16.2. The summed E-state index contributed by atoms with van der Waals surface area (Å²) in [4.78, 5) is 14.0. The first-order chi connectivity index (χ1) is 11.8. The van der Waals surface area contributed by atoms with Gasteiger partial charge in [0.15, 0.2) is 11.5 Å². The van der Waals surface area contributed by atoms with Crippen molar-refractivity contribution in [2.75, 3.05) is 38.2 Å². The average Bonchev–Trinajstić information content (AvgIpc) is 2.64.